The maximum absolute atomic E-state index is 13.2. The van der Waals surface area contributed by atoms with Gasteiger partial charge in [0.15, 0.2) is 11.4 Å². The van der Waals surface area contributed by atoms with Crippen molar-refractivity contribution in [2.75, 3.05) is 5.32 Å². The van der Waals surface area contributed by atoms with Gasteiger partial charge in [0, 0.05) is 17.9 Å². The van der Waals surface area contributed by atoms with E-state index in [9.17, 15) is 4.79 Å². The normalized spacial score (nSPS) is 11.2. The highest BCUT2D eigenvalue weighted by Gasteiger charge is 2.18. The fourth-order valence-electron chi connectivity index (χ4n) is 3.14. The zero-order valence-electron chi connectivity index (χ0n) is 17.1. The van der Waals surface area contributed by atoms with Gasteiger partial charge in [-0.1, -0.05) is 35.3 Å². The van der Waals surface area contributed by atoms with Crippen LogP contribution < -0.4 is 10.1 Å². The average Bonchev–Trinajstić information content (AvgIpc) is 3.14. The minimum atomic E-state index is -0.301. The third-order valence-corrected chi connectivity index (χ3v) is 5.02. The zero-order valence-corrected chi connectivity index (χ0v) is 18.6. The molecule has 0 bridgehead atoms. The molecule has 0 fully saturated rings. The maximum Gasteiger partial charge on any atom is 0.256 e. The van der Waals surface area contributed by atoms with E-state index in [-0.39, 0.29) is 22.9 Å². The summed E-state index contributed by atoms with van der Waals surface area (Å²) < 4.78 is 7.63. The molecular formula is C22H19Cl2N5O2. The number of aromatic nitrogens is 4. The van der Waals surface area contributed by atoms with Crippen LogP contribution in [0.3, 0.4) is 0 Å². The lowest BCUT2D eigenvalue weighted by Crippen LogP contribution is -2.14. The monoisotopic (exact) mass is 455 g/mol. The van der Waals surface area contributed by atoms with Gasteiger partial charge in [-0.3, -0.25) is 4.79 Å². The topological polar surface area (TPSA) is 81.9 Å². The summed E-state index contributed by atoms with van der Waals surface area (Å²) in [5.41, 5.74) is 2.34. The first-order valence-corrected chi connectivity index (χ1v) is 10.3. The molecule has 0 spiro atoms. The van der Waals surface area contributed by atoms with Gasteiger partial charge in [-0.2, -0.15) is 5.10 Å². The number of carbonyl (C=O) groups excluding carboxylic acids is 1. The van der Waals surface area contributed by atoms with Crippen LogP contribution in [0.25, 0.3) is 11.0 Å². The van der Waals surface area contributed by atoms with Crippen LogP contribution in [-0.4, -0.2) is 25.7 Å². The number of para-hydroxylation sites is 2. The molecular weight excluding hydrogens is 437 g/mol. The van der Waals surface area contributed by atoms with Crippen LogP contribution in [0.5, 0.6) is 11.6 Å². The van der Waals surface area contributed by atoms with E-state index < -0.39 is 0 Å². The standard InChI is InChI=1S/C22H19Cl2N5O2/c1-12(2)29-20-16(11-26-29)15(8-13(3)27-20)21(30)28-18-6-4-5-7-19(18)31-22-17(24)9-14(23)10-25-22/h4-12H,1-3H3,(H,28,30). The van der Waals surface area contributed by atoms with Gasteiger partial charge in [0.1, 0.15) is 5.02 Å². The van der Waals surface area contributed by atoms with Crippen molar-refractivity contribution in [1.29, 1.82) is 0 Å². The average molecular weight is 456 g/mol. The molecule has 0 radical (unpaired) electrons. The van der Waals surface area contributed by atoms with Gasteiger partial charge in [0.2, 0.25) is 5.88 Å². The predicted octanol–water partition coefficient (Wildman–Crippen LogP) is 6.07. The van der Waals surface area contributed by atoms with E-state index in [2.05, 4.69) is 20.4 Å². The number of anilines is 1. The van der Waals surface area contributed by atoms with Crippen molar-refractivity contribution in [2.24, 2.45) is 0 Å². The Morgan fingerprint density at radius 3 is 2.68 bits per heavy atom. The van der Waals surface area contributed by atoms with Crippen molar-refractivity contribution < 1.29 is 9.53 Å². The fraction of sp³-hybridized carbons (Fsp3) is 0.182. The lowest BCUT2D eigenvalue weighted by Gasteiger charge is -2.13. The molecule has 1 amide bonds. The zero-order chi connectivity index (χ0) is 22.1. The first-order valence-electron chi connectivity index (χ1n) is 9.57. The number of amides is 1. The molecule has 4 aromatic rings. The molecule has 0 aliphatic heterocycles. The second kappa shape index (κ2) is 8.53. The Balaban J connectivity index is 1.67. The van der Waals surface area contributed by atoms with E-state index in [1.54, 1.807) is 41.2 Å². The molecule has 0 aliphatic rings. The van der Waals surface area contributed by atoms with Gasteiger partial charge in [-0.05, 0) is 45.0 Å². The Morgan fingerprint density at radius 1 is 1.16 bits per heavy atom. The first kappa shape index (κ1) is 21.1. The summed E-state index contributed by atoms with van der Waals surface area (Å²) in [6, 6.07) is 10.4. The molecule has 31 heavy (non-hydrogen) atoms. The molecule has 3 heterocycles. The lowest BCUT2D eigenvalue weighted by atomic mass is 10.1. The Hall–Kier alpha value is -3.16. The van der Waals surface area contributed by atoms with Crippen molar-refractivity contribution in [3.05, 3.63) is 70.1 Å². The summed E-state index contributed by atoms with van der Waals surface area (Å²) in [4.78, 5) is 21.8. The van der Waals surface area contributed by atoms with E-state index in [0.717, 1.165) is 5.69 Å². The minimum absolute atomic E-state index is 0.119. The number of ether oxygens (including phenoxy) is 1. The highest BCUT2D eigenvalue weighted by molar-refractivity contribution is 6.35. The van der Waals surface area contributed by atoms with Crippen molar-refractivity contribution in [3.8, 4) is 11.6 Å². The Labute approximate surface area is 189 Å². The fourth-order valence-corrected chi connectivity index (χ4v) is 3.56. The number of aryl methyl sites for hydroxylation is 1. The largest absolute Gasteiger partial charge is 0.435 e. The second-order valence-corrected chi connectivity index (χ2v) is 8.07. The number of halogens is 2. The number of pyridine rings is 2. The van der Waals surface area contributed by atoms with Crippen LogP contribution in [0.1, 0.15) is 35.9 Å². The molecule has 0 saturated carbocycles. The van der Waals surface area contributed by atoms with Gasteiger partial charge in [0.05, 0.1) is 27.9 Å². The number of hydrogen-bond donors (Lipinski definition) is 1. The van der Waals surface area contributed by atoms with Crippen LogP contribution in [0, 0.1) is 6.92 Å². The number of nitrogens with one attached hydrogen (secondary N) is 1. The lowest BCUT2D eigenvalue weighted by molar-refractivity contribution is 0.102. The van der Waals surface area contributed by atoms with Crippen LogP contribution in [0.15, 0.2) is 48.8 Å². The summed E-state index contributed by atoms with van der Waals surface area (Å²) in [6.45, 7) is 5.87. The van der Waals surface area contributed by atoms with Crippen LogP contribution in [-0.2, 0) is 0 Å². The molecule has 158 valence electrons. The number of rotatable bonds is 5. The molecule has 7 nitrogen and oxygen atoms in total. The molecule has 9 heteroatoms. The van der Waals surface area contributed by atoms with Crippen molar-refractivity contribution >= 4 is 45.8 Å². The minimum Gasteiger partial charge on any atom is -0.435 e. The summed E-state index contributed by atoms with van der Waals surface area (Å²) in [5, 5.41) is 8.65. The van der Waals surface area contributed by atoms with Gasteiger partial charge < -0.3 is 10.1 Å². The summed E-state index contributed by atoms with van der Waals surface area (Å²) in [6.07, 6.45) is 3.10. The highest BCUT2D eigenvalue weighted by Crippen LogP contribution is 2.33. The Bertz CT molecular complexity index is 1290. The molecule has 0 atom stereocenters. The number of benzene rings is 1. The van der Waals surface area contributed by atoms with Gasteiger partial charge >= 0.3 is 0 Å². The quantitative estimate of drug-likeness (QED) is 0.394. The van der Waals surface area contributed by atoms with E-state index in [1.807, 2.05) is 20.8 Å². The van der Waals surface area contributed by atoms with Crippen LogP contribution >= 0.6 is 23.2 Å². The van der Waals surface area contributed by atoms with Crippen LogP contribution in [0.2, 0.25) is 10.0 Å². The highest BCUT2D eigenvalue weighted by atomic mass is 35.5. The van der Waals surface area contributed by atoms with Crippen molar-refractivity contribution in [2.45, 2.75) is 26.8 Å². The van der Waals surface area contributed by atoms with Crippen LogP contribution in [0.4, 0.5) is 5.69 Å². The van der Waals surface area contributed by atoms with E-state index in [0.29, 0.717) is 33.1 Å². The van der Waals surface area contributed by atoms with Crippen molar-refractivity contribution in [3.63, 3.8) is 0 Å². The summed E-state index contributed by atoms with van der Waals surface area (Å²) >= 11 is 12.1. The smallest absolute Gasteiger partial charge is 0.256 e. The molecule has 1 N–H and O–H groups in total. The van der Waals surface area contributed by atoms with E-state index >= 15 is 0 Å². The van der Waals surface area contributed by atoms with E-state index in [1.165, 1.54) is 12.3 Å². The number of nitrogens with zero attached hydrogens (tertiary/aromatic N) is 4. The van der Waals surface area contributed by atoms with E-state index in [4.69, 9.17) is 27.9 Å². The third kappa shape index (κ3) is 4.33. The first-order chi connectivity index (χ1) is 14.8. The number of carbonyl (C=O) groups is 1. The molecule has 3 aromatic heterocycles. The predicted molar refractivity (Wildman–Crippen MR) is 121 cm³/mol. The molecule has 0 aliphatic carbocycles. The molecule has 0 saturated heterocycles. The third-order valence-electron chi connectivity index (χ3n) is 4.54. The van der Waals surface area contributed by atoms with Gasteiger partial charge in [-0.15, -0.1) is 0 Å². The SMILES string of the molecule is Cc1cc(C(=O)Nc2ccccc2Oc2ncc(Cl)cc2Cl)c2cnn(C(C)C)c2n1. The summed E-state index contributed by atoms with van der Waals surface area (Å²) in [7, 11) is 0. The Morgan fingerprint density at radius 2 is 1.94 bits per heavy atom. The molecule has 1 aromatic carbocycles. The summed E-state index contributed by atoms with van der Waals surface area (Å²) in [5.74, 6) is 0.283. The number of fused-ring (bicyclic) bond motifs is 1. The number of hydrogen-bond acceptors (Lipinski definition) is 5. The second-order valence-electron chi connectivity index (χ2n) is 7.22. The molecule has 4 rings (SSSR count). The molecule has 0 unspecified atom stereocenters. The van der Waals surface area contributed by atoms with Gasteiger partial charge in [0.25, 0.3) is 5.91 Å². The maximum atomic E-state index is 13.2. The van der Waals surface area contributed by atoms with Gasteiger partial charge in [-0.25, -0.2) is 14.6 Å². The Kier molecular flexibility index (Phi) is 5.80. The van der Waals surface area contributed by atoms with Crippen molar-refractivity contribution in [1.82, 2.24) is 19.7 Å².